The van der Waals surface area contributed by atoms with E-state index in [2.05, 4.69) is 19.1 Å². The average molecular weight is 446 g/mol. The number of carbonyl (C=O) groups is 2. The van der Waals surface area contributed by atoms with Crippen molar-refractivity contribution in [3.8, 4) is 0 Å². The molecule has 0 aliphatic rings. The number of allylic oxidation sites excluding steroid dienone is 9. The van der Waals surface area contributed by atoms with E-state index in [0.29, 0.717) is 11.0 Å². The van der Waals surface area contributed by atoms with Crippen molar-refractivity contribution in [3.05, 3.63) is 60.8 Å². The SMILES string of the molecule is CCCCCCCCCC=CC=CC=CC=CC=CC(=O)O[C@H](CC(=O)[O-])C[N+](C)(C)C. The molecule has 0 saturated carbocycles. The maximum absolute atomic E-state index is 11.9. The van der Waals surface area contributed by atoms with Gasteiger partial charge in [-0.05, 0) is 12.8 Å². The first kappa shape index (κ1) is 29.6. The second-order valence-electron chi connectivity index (χ2n) is 8.96. The minimum atomic E-state index is -1.23. The van der Waals surface area contributed by atoms with Crippen LogP contribution < -0.4 is 5.11 Å². The van der Waals surface area contributed by atoms with Gasteiger partial charge in [0.05, 0.1) is 21.1 Å². The first-order chi connectivity index (χ1) is 15.2. The number of esters is 1. The molecule has 0 aliphatic carbocycles. The minimum Gasteiger partial charge on any atom is -0.550 e. The highest BCUT2D eigenvalue weighted by Gasteiger charge is 2.21. The summed E-state index contributed by atoms with van der Waals surface area (Å²) in [7, 11) is 5.71. The van der Waals surface area contributed by atoms with Gasteiger partial charge in [0, 0.05) is 18.5 Å². The van der Waals surface area contributed by atoms with Crippen LogP contribution in [-0.4, -0.2) is 50.2 Å². The van der Waals surface area contributed by atoms with E-state index < -0.39 is 18.0 Å². The number of hydrogen-bond acceptors (Lipinski definition) is 4. The lowest BCUT2D eigenvalue weighted by molar-refractivity contribution is -0.873. The van der Waals surface area contributed by atoms with Crippen molar-refractivity contribution in [2.45, 2.75) is 70.8 Å². The molecule has 0 saturated heterocycles. The van der Waals surface area contributed by atoms with Crippen LogP contribution in [0.15, 0.2) is 60.8 Å². The molecule has 0 heterocycles. The number of rotatable bonds is 18. The summed E-state index contributed by atoms with van der Waals surface area (Å²) in [5, 5.41) is 10.8. The Hall–Kier alpha value is -2.40. The highest BCUT2D eigenvalue weighted by atomic mass is 16.5. The predicted molar refractivity (Wildman–Crippen MR) is 131 cm³/mol. The maximum Gasteiger partial charge on any atom is 0.331 e. The van der Waals surface area contributed by atoms with E-state index in [1.807, 2.05) is 45.4 Å². The van der Waals surface area contributed by atoms with E-state index in [-0.39, 0.29) is 6.42 Å². The molecule has 0 aliphatic heterocycles. The first-order valence-electron chi connectivity index (χ1n) is 11.8. The van der Waals surface area contributed by atoms with Crippen LogP contribution in [0.4, 0.5) is 0 Å². The summed E-state index contributed by atoms with van der Waals surface area (Å²) in [6.07, 6.45) is 27.8. The second-order valence-corrected chi connectivity index (χ2v) is 8.96. The van der Waals surface area contributed by atoms with Crippen molar-refractivity contribution >= 4 is 11.9 Å². The number of ether oxygens (including phenoxy) is 1. The standard InChI is InChI=1S/C27H43NO4/c1-5-6-7-8-9-10-11-12-13-14-15-16-17-18-19-20-21-22-27(31)32-25(23-26(29)30)24-28(2,3)4/h13-22,25H,5-12,23-24H2,1-4H3/t25-/m1/s1. The van der Waals surface area contributed by atoms with Crippen molar-refractivity contribution in [3.63, 3.8) is 0 Å². The second kappa shape index (κ2) is 19.3. The van der Waals surface area contributed by atoms with E-state index in [4.69, 9.17) is 4.74 Å². The minimum absolute atomic E-state index is 0.312. The van der Waals surface area contributed by atoms with Gasteiger partial charge >= 0.3 is 5.97 Å². The number of hydrogen-bond donors (Lipinski definition) is 0. The molecular weight excluding hydrogens is 402 g/mol. The van der Waals surface area contributed by atoms with Crippen molar-refractivity contribution in [1.82, 2.24) is 0 Å². The van der Waals surface area contributed by atoms with Crippen molar-refractivity contribution < 1.29 is 23.9 Å². The van der Waals surface area contributed by atoms with Crippen LogP contribution in [0.2, 0.25) is 0 Å². The zero-order valence-electron chi connectivity index (χ0n) is 20.5. The lowest BCUT2D eigenvalue weighted by atomic mass is 10.1. The number of carboxylic acid groups (broad SMARTS) is 1. The highest BCUT2D eigenvalue weighted by molar-refractivity contribution is 5.82. The third-order valence-corrected chi connectivity index (χ3v) is 4.55. The molecule has 0 spiro atoms. The molecule has 0 bridgehead atoms. The van der Waals surface area contributed by atoms with E-state index in [9.17, 15) is 14.7 Å². The Morgan fingerprint density at radius 3 is 1.91 bits per heavy atom. The Labute approximate surface area is 195 Å². The van der Waals surface area contributed by atoms with Gasteiger partial charge in [0.15, 0.2) is 6.10 Å². The molecule has 1 atom stereocenters. The summed E-state index contributed by atoms with van der Waals surface area (Å²) in [5.74, 6) is -1.80. The van der Waals surface area contributed by atoms with Crippen LogP contribution in [0.25, 0.3) is 0 Å². The van der Waals surface area contributed by atoms with Gasteiger partial charge in [-0.2, -0.15) is 0 Å². The molecule has 180 valence electrons. The number of nitrogens with zero attached hydrogens (tertiary/aromatic N) is 1. The summed E-state index contributed by atoms with van der Waals surface area (Å²) in [6.45, 7) is 2.64. The lowest BCUT2D eigenvalue weighted by Crippen LogP contribution is -2.45. The fraction of sp³-hybridized carbons (Fsp3) is 0.556. The normalized spacial score (nSPS) is 13.9. The molecule has 32 heavy (non-hydrogen) atoms. The number of unbranched alkanes of at least 4 members (excludes halogenated alkanes) is 7. The number of aliphatic carboxylic acids is 1. The van der Waals surface area contributed by atoms with Crippen LogP contribution in [0.3, 0.4) is 0 Å². The van der Waals surface area contributed by atoms with Crippen molar-refractivity contribution in [2.75, 3.05) is 27.7 Å². The zero-order chi connectivity index (χ0) is 24.1. The summed E-state index contributed by atoms with van der Waals surface area (Å²) in [5.41, 5.74) is 0. The molecule has 0 aromatic rings. The summed E-state index contributed by atoms with van der Waals surface area (Å²) in [4.78, 5) is 22.7. The van der Waals surface area contributed by atoms with Crippen LogP contribution in [0.5, 0.6) is 0 Å². The highest BCUT2D eigenvalue weighted by Crippen LogP contribution is 2.08. The third-order valence-electron chi connectivity index (χ3n) is 4.55. The topological polar surface area (TPSA) is 66.4 Å². The van der Waals surface area contributed by atoms with Crippen LogP contribution in [0.1, 0.15) is 64.7 Å². The zero-order valence-corrected chi connectivity index (χ0v) is 20.5. The fourth-order valence-corrected chi connectivity index (χ4v) is 3.06. The molecule has 0 amide bonds. The Morgan fingerprint density at radius 1 is 0.812 bits per heavy atom. The average Bonchev–Trinajstić information content (AvgIpc) is 2.68. The van der Waals surface area contributed by atoms with Gasteiger partial charge in [0.2, 0.25) is 0 Å². The van der Waals surface area contributed by atoms with Gasteiger partial charge < -0.3 is 19.1 Å². The quantitative estimate of drug-likeness (QED) is 0.101. The van der Waals surface area contributed by atoms with Crippen LogP contribution in [-0.2, 0) is 14.3 Å². The van der Waals surface area contributed by atoms with E-state index in [0.717, 1.165) is 6.42 Å². The Morgan fingerprint density at radius 2 is 1.34 bits per heavy atom. The first-order valence-corrected chi connectivity index (χ1v) is 11.8. The molecule has 0 aromatic carbocycles. The van der Waals surface area contributed by atoms with Gasteiger partial charge in [0.1, 0.15) is 6.54 Å². The monoisotopic (exact) mass is 445 g/mol. The third kappa shape index (κ3) is 22.3. The lowest BCUT2D eigenvalue weighted by Gasteiger charge is -2.28. The van der Waals surface area contributed by atoms with E-state index in [1.54, 1.807) is 18.2 Å². The van der Waals surface area contributed by atoms with Gasteiger partial charge in [-0.1, -0.05) is 100 Å². The van der Waals surface area contributed by atoms with Gasteiger partial charge in [-0.25, -0.2) is 4.79 Å². The smallest absolute Gasteiger partial charge is 0.331 e. The number of quaternary nitrogens is 1. The molecule has 5 nitrogen and oxygen atoms in total. The summed E-state index contributed by atoms with van der Waals surface area (Å²) in [6, 6.07) is 0. The molecule has 0 aromatic heterocycles. The molecule has 0 rings (SSSR count). The fourth-order valence-electron chi connectivity index (χ4n) is 3.06. The molecule has 0 radical (unpaired) electrons. The molecule has 5 heteroatoms. The summed E-state index contributed by atoms with van der Waals surface area (Å²) < 4.78 is 5.72. The van der Waals surface area contributed by atoms with E-state index in [1.165, 1.54) is 51.0 Å². The number of carboxylic acids is 1. The predicted octanol–water partition coefficient (Wildman–Crippen LogP) is 4.67. The number of likely N-dealkylation sites (N-methyl/N-ethyl adjacent to an activating group) is 1. The van der Waals surface area contributed by atoms with Crippen LogP contribution >= 0.6 is 0 Å². The van der Waals surface area contributed by atoms with Gasteiger partial charge in [0.25, 0.3) is 0 Å². The largest absolute Gasteiger partial charge is 0.550 e. The molecule has 0 fully saturated rings. The Balaban J connectivity index is 4.07. The van der Waals surface area contributed by atoms with Crippen molar-refractivity contribution in [1.29, 1.82) is 0 Å². The van der Waals surface area contributed by atoms with E-state index >= 15 is 0 Å². The Bertz CT molecular complexity index is 651. The number of carbonyl (C=O) groups excluding carboxylic acids is 2. The van der Waals surface area contributed by atoms with Crippen molar-refractivity contribution in [2.24, 2.45) is 0 Å². The Kier molecular flexibility index (Phi) is 17.9. The molecular formula is C27H43NO4. The van der Waals surface area contributed by atoms with Gasteiger partial charge in [-0.3, -0.25) is 0 Å². The van der Waals surface area contributed by atoms with Crippen LogP contribution in [0, 0.1) is 0 Å². The molecule has 0 N–H and O–H groups in total. The van der Waals surface area contributed by atoms with Gasteiger partial charge in [-0.15, -0.1) is 0 Å². The molecule has 0 unspecified atom stereocenters. The maximum atomic E-state index is 11.9. The summed E-state index contributed by atoms with van der Waals surface area (Å²) >= 11 is 0.